The zero-order chi connectivity index (χ0) is 14.5. The van der Waals surface area contributed by atoms with Gasteiger partial charge < -0.3 is 5.32 Å². The molecule has 0 amide bonds. The summed E-state index contributed by atoms with van der Waals surface area (Å²) in [6.45, 7) is 5.15. The molecule has 2 aromatic rings. The van der Waals surface area contributed by atoms with Gasteiger partial charge in [-0.1, -0.05) is 24.6 Å². The number of thiophene rings is 1. The van der Waals surface area contributed by atoms with Gasteiger partial charge in [-0.2, -0.15) is 0 Å². The van der Waals surface area contributed by atoms with Crippen molar-refractivity contribution in [3.05, 3.63) is 56.5 Å². The predicted molar refractivity (Wildman–Crippen MR) is 85.2 cm³/mol. The molecule has 1 aromatic carbocycles. The van der Waals surface area contributed by atoms with Crippen molar-refractivity contribution >= 4 is 22.9 Å². The highest BCUT2D eigenvalue weighted by Gasteiger charge is 2.15. The van der Waals surface area contributed by atoms with Crippen LogP contribution in [0.15, 0.2) is 30.3 Å². The van der Waals surface area contributed by atoms with Crippen molar-refractivity contribution in [2.75, 3.05) is 6.54 Å². The number of aryl methyl sites for hydroxylation is 1. The van der Waals surface area contributed by atoms with Gasteiger partial charge in [0.2, 0.25) is 0 Å². The van der Waals surface area contributed by atoms with Gasteiger partial charge in [-0.15, -0.1) is 11.3 Å². The average molecular weight is 312 g/mol. The molecule has 1 N–H and O–H groups in total. The summed E-state index contributed by atoms with van der Waals surface area (Å²) >= 11 is 7.57. The van der Waals surface area contributed by atoms with E-state index in [1.165, 1.54) is 15.8 Å². The third kappa shape index (κ3) is 4.05. The molecule has 20 heavy (non-hydrogen) atoms. The second-order valence-corrected chi connectivity index (χ2v) is 6.65. The topological polar surface area (TPSA) is 12.0 Å². The highest BCUT2D eigenvalue weighted by atomic mass is 35.5. The molecule has 0 saturated carbocycles. The third-order valence-electron chi connectivity index (χ3n) is 3.18. The van der Waals surface area contributed by atoms with Crippen LogP contribution >= 0.6 is 22.9 Å². The Morgan fingerprint density at radius 1 is 1.30 bits per heavy atom. The van der Waals surface area contributed by atoms with Crippen molar-refractivity contribution in [2.24, 2.45) is 0 Å². The van der Waals surface area contributed by atoms with Crippen LogP contribution in [0.2, 0.25) is 5.02 Å². The van der Waals surface area contributed by atoms with Gasteiger partial charge in [-0.3, -0.25) is 0 Å². The van der Waals surface area contributed by atoms with E-state index in [9.17, 15) is 4.39 Å². The fourth-order valence-electron chi connectivity index (χ4n) is 2.14. The molecule has 0 aliphatic heterocycles. The van der Waals surface area contributed by atoms with Crippen molar-refractivity contribution < 1.29 is 4.39 Å². The van der Waals surface area contributed by atoms with E-state index in [1.54, 1.807) is 23.5 Å². The Hall–Kier alpha value is -0.900. The van der Waals surface area contributed by atoms with Gasteiger partial charge in [-0.25, -0.2) is 4.39 Å². The van der Waals surface area contributed by atoms with E-state index in [1.807, 2.05) is 0 Å². The summed E-state index contributed by atoms with van der Waals surface area (Å²) in [6.07, 6.45) is 1.70. The Labute approximate surface area is 128 Å². The van der Waals surface area contributed by atoms with E-state index in [2.05, 4.69) is 31.3 Å². The summed E-state index contributed by atoms with van der Waals surface area (Å²) in [6, 6.07) is 9.30. The lowest BCUT2D eigenvalue weighted by atomic mass is 10.0. The maximum Gasteiger partial charge on any atom is 0.127 e. The predicted octanol–water partition coefficient (Wildman–Crippen LogP) is 5.13. The van der Waals surface area contributed by atoms with Crippen molar-refractivity contribution in [1.82, 2.24) is 5.32 Å². The van der Waals surface area contributed by atoms with Crippen LogP contribution in [0.25, 0.3) is 0 Å². The normalized spacial score (nSPS) is 12.6. The fourth-order valence-corrected chi connectivity index (χ4v) is 3.25. The Morgan fingerprint density at radius 3 is 2.70 bits per heavy atom. The summed E-state index contributed by atoms with van der Waals surface area (Å²) in [5.41, 5.74) is 0.703. The maximum atomic E-state index is 13.9. The number of benzene rings is 1. The molecule has 0 saturated heterocycles. The van der Waals surface area contributed by atoms with E-state index in [-0.39, 0.29) is 11.9 Å². The molecule has 1 atom stereocenters. The minimum atomic E-state index is -0.228. The molecule has 0 bridgehead atoms. The number of hydrogen-bond donors (Lipinski definition) is 1. The smallest absolute Gasteiger partial charge is 0.127 e. The molecule has 0 aliphatic rings. The summed E-state index contributed by atoms with van der Waals surface area (Å²) in [5.74, 6) is -0.228. The number of rotatable bonds is 6. The van der Waals surface area contributed by atoms with Gasteiger partial charge in [0.05, 0.1) is 0 Å². The van der Waals surface area contributed by atoms with Gasteiger partial charge in [0.15, 0.2) is 0 Å². The first-order valence-corrected chi connectivity index (χ1v) is 8.03. The van der Waals surface area contributed by atoms with Crippen LogP contribution in [0.3, 0.4) is 0 Å². The first-order valence-electron chi connectivity index (χ1n) is 6.83. The third-order valence-corrected chi connectivity index (χ3v) is 4.53. The standard InChI is InChI=1S/C16H19ClFNS/c1-3-8-19-15(16-7-4-11(2)20-16)9-12-5-6-13(17)10-14(12)18/h4-7,10,15,19H,3,8-9H2,1-2H3. The molecule has 1 unspecified atom stereocenters. The first-order chi connectivity index (χ1) is 9.60. The quantitative estimate of drug-likeness (QED) is 0.779. The van der Waals surface area contributed by atoms with Gasteiger partial charge >= 0.3 is 0 Å². The summed E-state index contributed by atoms with van der Waals surface area (Å²) in [7, 11) is 0. The van der Waals surface area contributed by atoms with Crippen LogP contribution in [-0.2, 0) is 6.42 Å². The number of hydrogen-bond acceptors (Lipinski definition) is 2. The maximum absolute atomic E-state index is 13.9. The molecule has 1 heterocycles. The summed E-state index contributed by atoms with van der Waals surface area (Å²) in [4.78, 5) is 2.53. The van der Waals surface area contributed by atoms with Crippen molar-refractivity contribution in [3.63, 3.8) is 0 Å². The van der Waals surface area contributed by atoms with Gasteiger partial charge in [0, 0.05) is 20.8 Å². The Kier molecular flexibility index (Phi) is 5.58. The van der Waals surface area contributed by atoms with Crippen molar-refractivity contribution in [3.8, 4) is 0 Å². The lowest BCUT2D eigenvalue weighted by Gasteiger charge is -2.17. The van der Waals surface area contributed by atoms with Crippen LogP contribution in [-0.4, -0.2) is 6.54 Å². The van der Waals surface area contributed by atoms with Crippen LogP contribution in [0.1, 0.15) is 34.7 Å². The van der Waals surface area contributed by atoms with E-state index < -0.39 is 0 Å². The van der Waals surface area contributed by atoms with Gasteiger partial charge in [-0.05, 0) is 56.1 Å². The molecular formula is C16H19ClFNS. The average Bonchev–Trinajstić information content (AvgIpc) is 2.83. The zero-order valence-electron chi connectivity index (χ0n) is 11.7. The molecular weight excluding hydrogens is 293 g/mol. The molecule has 0 aliphatic carbocycles. The Morgan fingerprint density at radius 2 is 2.10 bits per heavy atom. The van der Waals surface area contributed by atoms with Crippen LogP contribution in [0, 0.1) is 12.7 Å². The Balaban J connectivity index is 2.18. The van der Waals surface area contributed by atoms with Crippen LogP contribution < -0.4 is 5.32 Å². The largest absolute Gasteiger partial charge is 0.309 e. The molecule has 0 fully saturated rings. The first kappa shape index (κ1) is 15.5. The highest BCUT2D eigenvalue weighted by molar-refractivity contribution is 7.12. The molecule has 108 valence electrons. The van der Waals surface area contributed by atoms with Crippen LogP contribution in [0.5, 0.6) is 0 Å². The van der Waals surface area contributed by atoms with E-state index in [0.717, 1.165) is 13.0 Å². The fraction of sp³-hybridized carbons (Fsp3) is 0.375. The van der Waals surface area contributed by atoms with Gasteiger partial charge in [0.25, 0.3) is 0 Å². The molecule has 0 radical (unpaired) electrons. The minimum Gasteiger partial charge on any atom is -0.309 e. The number of nitrogens with one attached hydrogen (secondary N) is 1. The van der Waals surface area contributed by atoms with E-state index in [4.69, 9.17) is 11.6 Å². The highest BCUT2D eigenvalue weighted by Crippen LogP contribution is 2.27. The Bertz CT molecular complexity index is 567. The minimum absolute atomic E-state index is 0.157. The van der Waals surface area contributed by atoms with Crippen molar-refractivity contribution in [2.45, 2.75) is 32.7 Å². The second-order valence-electron chi connectivity index (χ2n) is 4.89. The molecule has 2 rings (SSSR count). The van der Waals surface area contributed by atoms with E-state index in [0.29, 0.717) is 17.0 Å². The summed E-state index contributed by atoms with van der Waals surface area (Å²) in [5, 5.41) is 3.94. The van der Waals surface area contributed by atoms with E-state index >= 15 is 0 Å². The zero-order valence-corrected chi connectivity index (χ0v) is 13.3. The SMILES string of the molecule is CCCNC(Cc1ccc(Cl)cc1F)c1ccc(C)s1. The lowest BCUT2D eigenvalue weighted by molar-refractivity contribution is 0.519. The molecule has 1 aromatic heterocycles. The van der Waals surface area contributed by atoms with Crippen molar-refractivity contribution in [1.29, 1.82) is 0 Å². The second kappa shape index (κ2) is 7.21. The molecule has 4 heteroatoms. The monoisotopic (exact) mass is 311 g/mol. The lowest BCUT2D eigenvalue weighted by Crippen LogP contribution is -2.23. The number of halogens is 2. The van der Waals surface area contributed by atoms with Crippen LogP contribution in [0.4, 0.5) is 4.39 Å². The molecule has 0 spiro atoms. The summed E-state index contributed by atoms with van der Waals surface area (Å²) < 4.78 is 13.9. The molecule has 1 nitrogen and oxygen atoms in total. The van der Waals surface area contributed by atoms with Gasteiger partial charge in [0.1, 0.15) is 5.82 Å².